The Morgan fingerprint density at radius 2 is 2.00 bits per heavy atom. The number of hydrogen-bond donors (Lipinski definition) is 1. The normalized spacial score (nSPS) is 15.6. The van der Waals surface area contributed by atoms with Crippen LogP contribution in [0, 0.1) is 6.92 Å². The first-order valence-corrected chi connectivity index (χ1v) is 9.57. The van der Waals surface area contributed by atoms with Crippen LogP contribution in [0.15, 0.2) is 41.6 Å². The van der Waals surface area contributed by atoms with Gasteiger partial charge >= 0.3 is 10.4 Å². The minimum Gasteiger partial charge on any atom is -0.323 e. The summed E-state index contributed by atoms with van der Waals surface area (Å²) in [6, 6.07) is 11.4. The van der Waals surface area contributed by atoms with E-state index in [1.165, 1.54) is 0 Å². The molecule has 134 valence electrons. The summed E-state index contributed by atoms with van der Waals surface area (Å²) in [5, 5.41) is 4.10. The van der Waals surface area contributed by atoms with Crippen LogP contribution < -0.4 is 0 Å². The van der Waals surface area contributed by atoms with Crippen molar-refractivity contribution in [3.8, 4) is 11.4 Å². The van der Waals surface area contributed by atoms with Gasteiger partial charge < -0.3 is 4.57 Å². The van der Waals surface area contributed by atoms with E-state index in [2.05, 4.69) is 9.44 Å². The number of oxime groups is 1. The maximum absolute atomic E-state index is 10.8. The Morgan fingerprint density at radius 3 is 2.73 bits per heavy atom. The molecule has 9 heteroatoms. The summed E-state index contributed by atoms with van der Waals surface area (Å²) >= 11 is 6.34. The molecular formula is C17H14ClN3O4S. The number of nitrogens with zero attached hydrogens (tertiary/aromatic N) is 3. The third-order valence-electron chi connectivity index (χ3n) is 4.36. The average Bonchev–Trinajstić information content (AvgIpc) is 2.97. The molecule has 1 N–H and O–H groups in total. The van der Waals surface area contributed by atoms with Crippen LogP contribution >= 0.6 is 11.6 Å². The Hall–Kier alpha value is -2.42. The number of imidazole rings is 1. The molecule has 0 spiro atoms. The second-order valence-corrected chi connectivity index (χ2v) is 7.40. The third kappa shape index (κ3) is 2.86. The molecule has 0 atom stereocenters. The van der Waals surface area contributed by atoms with Crippen molar-refractivity contribution in [1.82, 2.24) is 9.55 Å². The van der Waals surface area contributed by atoms with Crippen LogP contribution in [-0.4, -0.2) is 28.2 Å². The number of benzene rings is 2. The molecule has 1 aromatic heterocycles. The van der Waals surface area contributed by atoms with Crippen LogP contribution in [0.4, 0.5) is 0 Å². The van der Waals surface area contributed by atoms with Gasteiger partial charge in [-0.25, -0.2) is 9.27 Å². The highest BCUT2D eigenvalue weighted by atomic mass is 35.5. The van der Waals surface area contributed by atoms with E-state index in [0.29, 0.717) is 34.8 Å². The molecule has 0 unspecified atom stereocenters. The zero-order chi connectivity index (χ0) is 18.5. The van der Waals surface area contributed by atoms with Crippen LogP contribution in [-0.2, 0) is 21.2 Å². The Kier molecular flexibility index (Phi) is 3.98. The van der Waals surface area contributed by atoms with Gasteiger partial charge in [-0.05, 0) is 24.6 Å². The number of halogens is 1. The summed E-state index contributed by atoms with van der Waals surface area (Å²) < 4.78 is 36.7. The van der Waals surface area contributed by atoms with Gasteiger partial charge in [0, 0.05) is 24.1 Å². The molecule has 0 bridgehead atoms. The molecular weight excluding hydrogens is 378 g/mol. The Labute approximate surface area is 154 Å². The van der Waals surface area contributed by atoms with Gasteiger partial charge in [0.2, 0.25) is 0 Å². The van der Waals surface area contributed by atoms with Gasteiger partial charge in [-0.15, -0.1) is 0 Å². The maximum Gasteiger partial charge on any atom is 0.466 e. The van der Waals surface area contributed by atoms with Crippen LogP contribution in [0.1, 0.15) is 17.5 Å². The lowest BCUT2D eigenvalue weighted by atomic mass is 10.0. The largest absolute Gasteiger partial charge is 0.466 e. The molecule has 0 fully saturated rings. The van der Waals surface area contributed by atoms with E-state index in [4.69, 9.17) is 21.1 Å². The van der Waals surface area contributed by atoms with Crippen LogP contribution in [0.2, 0.25) is 5.02 Å². The second-order valence-electron chi connectivity index (χ2n) is 5.98. The van der Waals surface area contributed by atoms with Gasteiger partial charge in [0.15, 0.2) is 0 Å². The lowest BCUT2D eigenvalue weighted by Gasteiger charge is -2.18. The molecule has 0 radical (unpaired) electrons. The van der Waals surface area contributed by atoms with E-state index in [9.17, 15) is 8.42 Å². The van der Waals surface area contributed by atoms with Crippen LogP contribution in [0.25, 0.3) is 22.4 Å². The Morgan fingerprint density at radius 1 is 1.23 bits per heavy atom. The first-order valence-electron chi connectivity index (χ1n) is 7.83. The molecule has 0 saturated heterocycles. The number of aromatic nitrogens is 2. The molecule has 2 aromatic carbocycles. The lowest BCUT2D eigenvalue weighted by Crippen LogP contribution is -2.17. The average molecular weight is 392 g/mol. The van der Waals surface area contributed by atoms with E-state index in [1.54, 1.807) is 12.1 Å². The van der Waals surface area contributed by atoms with Crippen molar-refractivity contribution < 1.29 is 17.3 Å². The van der Waals surface area contributed by atoms with Gasteiger partial charge in [0.1, 0.15) is 11.3 Å². The zero-order valence-corrected chi connectivity index (χ0v) is 15.3. The topological polar surface area (TPSA) is 93.8 Å². The summed E-state index contributed by atoms with van der Waals surface area (Å²) in [4.78, 5) is 4.73. The van der Waals surface area contributed by atoms with Crippen LogP contribution in [0.5, 0.6) is 0 Å². The van der Waals surface area contributed by atoms with Gasteiger partial charge in [-0.1, -0.05) is 41.0 Å². The maximum atomic E-state index is 10.8. The lowest BCUT2D eigenvalue weighted by molar-refractivity contribution is 0.281. The van der Waals surface area contributed by atoms with Crippen molar-refractivity contribution >= 4 is 38.7 Å². The number of hydrogen-bond acceptors (Lipinski definition) is 5. The summed E-state index contributed by atoms with van der Waals surface area (Å²) in [5.41, 5.74) is 4.55. The molecule has 2 heterocycles. The Bertz CT molecular complexity index is 1170. The SMILES string of the molecule is Cc1ccccc1-c1nc2c(Cl)ccc3c2n1CC/C3=N/OS(=O)(=O)O. The van der Waals surface area contributed by atoms with Crippen molar-refractivity contribution in [1.29, 1.82) is 0 Å². The zero-order valence-electron chi connectivity index (χ0n) is 13.7. The highest BCUT2D eigenvalue weighted by Crippen LogP contribution is 2.35. The fourth-order valence-corrected chi connectivity index (χ4v) is 3.60. The molecule has 1 aliphatic heterocycles. The predicted octanol–water partition coefficient (Wildman–Crippen LogP) is 3.59. The molecule has 1 aliphatic rings. The third-order valence-corrected chi connectivity index (χ3v) is 4.92. The van der Waals surface area contributed by atoms with E-state index in [-0.39, 0.29) is 0 Å². The minimum atomic E-state index is -4.66. The van der Waals surface area contributed by atoms with Crippen LogP contribution in [0.3, 0.4) is 0 Å². The summed E-state index contributed by atoms with van der Waals surface area (Å²) in [6.07, 6.45) is 0.425. The summed E-state index contributed by atoms with van der Waals surface area (Å²) in [7, 11) is -4.66. The molecule has 7 nitrogen and oxygen atoms in total. The Balaban J connectivity index is 1.96. The number of aryl methyl sites for hydroxylation is 2. The van der Waals surface area contributed by atoms with Gasteiger partial charge in [-0.2, -0.15) is 8.42 Å². The van der Waals surface area contributed by atoms with E-state index in [1.807, 2.05) is 35.8 Å². The number of rotatable bonds is 3. The van der Waals surface area contributed by atoms with E-state index in [0.717, 1.165) is 22.5 Å². The molecule has 26 heavy (non-hydrogen) atoms. The molecule has 3 aromatic rings. The quantitative estimate of drug-likeness (QED) is 0.544. The highest BCUT2D eigenvalue weighted by Gasteiger charge is 2.25. The van der Waals surface area contributed by atoms with E-state index >= 15 is 0 Å². The van der Waals surface area contributed by atoms with Gasteiger partial charge in [0.05, 0.1) is 16.3 Å². The van der Waals surface area contributed by atoms with Crippen molar-refractivity contribution in [3.05, 3.63) is 52.5 Å². The monoisotopic (exact) mass is 391 g/mol. The molecule has 0 saturated carbocycles. The van der Waals surface area contributed by atoms with Crippen molar-refractivity contribution in [3.63, 3.8) is 0 Å². The predicted molar refractivity (Wildman–Crippen MR) is 98.7 cm³/mol. The van der Waals surface area contributed by atoms with E-state index < -0.39 is 10.4 Å². The fraction of sp³-hybridized carbons (Fsp3) is 0.176. The smallest absolute Gasteiger partial charge is 0.323 e. The molecule has 4 rings (SSSR count). The van der Waals surface area contributed by atoms with Gasteiger partial charge in [-0.3, -0.25) is 4.55 Å². The van der Waals surface area contributed by atoms with Crippen molar-refractivity contribution in [2.45, 2.75) is 19.9 Å². The van der Waals surface area contributed by atoms with Crippen molar-refractivity contribution in [2.75, 3.05) is 0 Å². The molecule has 0 amide bonds. The van der Waals surface area contributed by atoms with Gasteiger partial charge in [0.25, 0.3) is 0 Å². The first-order chi connectivity index (χ1) is 12.3. The van der Waals surface area contributed by atoms with Crippen molar-refractivity contribution in [2.24, 2.45) is 5.16 Å². The highest BCUT2D eigenvalue weighted by molar-refractivity contribution is 7.80. The summed E-state index contributed by atoms with van der Waals surface area (Å²) in [6.45, 7) is 2.54. The minimum absolute atomic E-state index is 0.410. The standard InChI is InChI=1S/C17H14ClN3O4S/c1-10-4-2-3-5-11(10)17-19-15-13(18)7-6-12-14(20-25-26(22,23)24)8-9-21(17)16(12)15/h2-7H,8-9H2,1H3,(H,22,23,24)/b20-14-. The summed E-state index contributed by atoms with van der Waals surface area (Å²) in [5.74, 6) is 0.794. The fourth-order valence-electron chi connectivity index (χ4n) is 3.23. The molecule has 0 aliphatic carbocycles. The second kappa shape index (κ2) is 6.08. The first kappa shape index (κ1) is 17.0.